The third kappa shape index (κ3) is 4.46. The first kappa shape index (κ1) is 15.3. The molecule has 0 saturated heterocycles. The second kappa shape index (κ2) is 7.04. The highest BCUT2D eigenvalue weighted by Crippen LogP contribution is 2.25. The van der Waals surface area contributed by atoms with Gasteiger partial charge in [-0.3, -0.25) is 4.90 Å². The molecule has 2 rings (SSSR count). The Hall–Kier alpha value is -1.13. The molecule has 0 aromatic carbocycles. The average Bonchev–Trinajstić information content (AvgIpc) is 2.95. The molecule has 2 aromatic heterocycles. The summed E-state index contributed by atoms with van der Waals surface area (Å²) in [4.78, 5) is 8.00. The number of rotatable bonds is 7. The lowest BCUT2D eigenvalue weighted by molar-refractivity contribution is 0.194. The number of hydrogen-bond acceptors (Lipinski definition) is 4. The molecule has 2 heterocycles. The predicted molar refractivity (Wildman–Crippen MR) is 84.8 cm³/mol. The maximum absolute atomic E-state index is 5.88. The van der Waals surface area contributed by atoms with Gasteiger partial charge < -0.3 is 4.42 Å². The highest BCUT2D eigenvalue weighted by Gasteiger charge is 2.14. The van der Waals surface area contributed by atoms with Crippen LogP contribution in [0, 0.1) is 11.8 Å². The summed E-state index contributed by atoms with van der Waals surface area (Å²) in [5.41, 5.74) is 0. The minimum Gasteiger partial charge on any atom is -0.438 e. The Morgan fingerprint density at radius 1 is 1.20 bits per heavy atom. The standard InChI is InChI=1S/C16H24N2OS/c1-12(2)9-18(10-13(3)4)11-16-17-8-14(19-16)15-6-5-7-20-15/h5-8,12-13H,9-11H2,1-4H3. The summed E-state index contributed by atoms with van der Waals surface area (Å²) < 4.78 is 5.88. The van der Waals surface area contributed by atoms with Crippen molar-refractivity contribution in [2.75, 3.05) is 13.1 Å². The summed E-state index contributed by atoms with van der Waals surface area (Å²) in [6.45, 7) is 11.9. The molecule has 0 saturated carbocycles. The number of thiophene rings is 1. The molecule has 4 heteroatoms. The van der Waals surface area contributed by atoms with Crippen molar-refractivity contribution in [3.05, 3.63) is 29.6 Å². The van der Waals surface area contributed by atoms with Crippen molar-refractivity contribution in [3.63, 3.8) is 0 Å². The molecule has 3 nitrogen and oxygen atoms in total. The van der Waals surface area contributed by atoms with Crippen LogP contribution in [0.25, 0.3) is 10.6 Å². The SMILES string of the molecule is CC(C)CN(Cc1ncc(-c2cccs2)o1)CC(C)C. The molecule has 0 bridgehead atoms. The minimum atomic E-state index is 0.653. The number of oxazole rings is 1. The zero-order valence-electron chi connectivity index (χ0n) is 12.8. The first-order valence-electron chi connectivity index (χ1n) is 7.25. The Balaban J connectivity index is 2.03. The molecule has 0 radical (unpaired) electrons. The summed E-state index contributed by atoms with van der Waals surface area (Å²) >= 11 is 1.68. The fourth-order valence-corrected chi connectivity index (χ4v) is 3.02. The number of hydrogen-bond donors (Lipinski definition) is 0. The number of nitrogens with zero attached hydrogens (tertiary/aromatic N) is 2. The largest absolute Gasteiger partial charge is 0.438 e. The van der Waals surface area contributed by atoms with Gasteiger partial charge in [0.05, 0.1) is 17.6 Å². The van der Waals surface area contributed by atoms with Crippen LogP contribution in [0.5, 0.6) is 0 Å². The molecule has 0 atom stereocenters. The molecule has 0 aliphatic carbocycles. The van der Waals surface area contributed by atoms with E-state index >= 15 is 0 Å². The second-order valence-corrected chi connectivity index (χ2v) is 7.03. The molecule has 0 N–H and O–H groups in total. The van der Waals surface area contributed by atoms with E-state index < -0.39 is 0 Å². The Labute approximate surface area is 125 Å². The lowest BCUT2D eigenvalue weighted by atomic mass is 10.1. The first-order chi connectivity index (χ1) is 9.54. The maximum Gasteiger partial charge on any atom is 0.209 e. The van der Waals surface area contributed by atoms with Gasteiger partial charge in [-0.2, -0.15) is 0 Å². The fourth-order valence-electron chi connectivity index (χ4n) is 2.34. The van der Waals surface area contributed by atoms with E-state index in [9.17, 15) is 0 Å². The third-order valence-corrected chi connectivity index (χ3v) is 3.81. The van der Waals surface area contributed by atoms with E-state index in [2.05, 4.69) is 49.0 Å². The van der Waals surface area contributed by atoms with Gasteiger partial charge in [0.2, 0.25) is 5.89 Å². The topological polar surface area (TPSA) is 29.3 Å². The molecule has 0 fully saturated rings. The predicted octanol–water partition coefficient (Wildman–Crippen LogP) is 4.52. The Kier molecular flexibility index (Phi) is 5.38. The van der Waals surface area contributed by atoms with E-state index in [1.165, 1.54) is 0 Å². The lowest BCUT2D eigenvalue weighted by Gasteiger charge is -2.24. The van der Waals surface area contributed by atoms with Crippen molar-refractivity contribution in [2.45, 2.75) is 34.2 Å². The summed E-state index contributed by atoms with van der Waals surface area (Å²) in [5, 5.41) is 2.06. The van der Waals surface area contributed by atoms with Gasteiger partial charge in [0, 0.05) is 13.1 Å². The highest BCUT2D eigenvalue weighted by atomic mass is 32.1. The van der Waals surface area contributed by atoms with Crippen LogP contribution >= 0.6 is 11.3 Å². The monoisotopic (exact) mass is 292 g/mol. The van der Waals surface area contributed by atoms with Gasteiger partial charge in [-0.05, 0) is 23.3 Å². The van der Waals surface area contributed by atoms with Gasteiger partial charge in [-0.1, -0.05) is 33.8 Å². The van der Waals surface area contributed by atoms with Gasteiger partial charge in [0.1, 0.15) is 0 Å². The van der Waals surface area contributed by atoms with E-state index in [0.717, 1.165) is 36.2 Å². The molecule has 110 valence electrons. The van der Waals surface area contributed by atoms with E-state index in [0.29, 0.717) is 11.8 Å². The summed E-state index contributed by atoms with van der Waals surface area (Å²) in [7, 11) is 0. The Morgan fingerprint density at radius 2 is 1.90 bits per heavy atom. The Morgan fingerprint density at radius 3 is 2.45 bits per heavy atom. The smallest absolute Gasteiger partial charge is 0.209 e. The van der Waals surface area contributed by atoms with Crippen molar-refractivity contribution in [2.24, 2.45) is 11.8 Å². The van der Waals surface area contributed by atoms with Gasteiger partial charge >= 0.3 is 0 Å². The van der Waals surface area contributed by atoms with Crippen LogP contribution in [0.2, 0.25) is 0 Å². The van der Waals surface area contributed by atoms with Crippen molar-refractivity contribution < 1.29 is 4.42 Å². The normalized spacial score (nSPS) is 11.9. The third-order valence-electron chi connectivity index (χ3n) is 2.92. The highest BCUT2D eigenvalue weighted by molar-refractivity contribution is 7.13. The van der Waals surface area contributed by atoms with E-state index in [-0.39, 0.29) is 0 Å². The molecule has 2 aromatic rings. The zero-order chi connectivity index (χ0) is 14.5. The van der Waals surface area contributed by atoms with Gasteiger partial charge in [-0.25, -0.2) is 4.98 Å². The van der Waals surface area contributed by atoms with Gasteiger partial charge in [0.25, 0.3) is 0 Å². The maximum atomic E-state index is 5.88. The lowest BCUT2D eigenvalue weighted by Crippen LogP contribution is -2.31. The van der Waals surface area contributed by atoms with Crippen LogP contribution in [0.4, 0.5) is 0 Å². The number of aromatic nitrogens is 1. The zero-order valence-corrected chi connectivity index (χ0v) is 13.6. The second-order valence-electron chi connectivity index (χ2n) is 6.08. The molecule has 0 unspecified atom stereocenters. The molecular weight excluding hydrogens is 268 g/mol. The molecule has 0 spiro atoms. The van der Waals surface area contributed by atoms with Gasteiger partial charge in [0.15, 0.2) is 5.76 Å². The molecule has 0 aliphatic heterocycles. The van der Waals surface area contributed by atoms with Gasteiger partial charge in [-0.15, -0.1) is 11.3 Å². The van der Waals surface area contributed by atoms with Crippen LogP contribution in [-0.2, 0) is 6.54 Å². The fraction of sp³-hybridized carbons (Fsp3) is 0.562. The summed E-state index contributed by atoms with van der Waals surface area (Å²) in [5.74, 6) is 3.00. The van der Waals surface area contributed by atoms with Crippen LogP contribution in [-0.4, -0.2) is 23.0 Å². The van der Waals surface area contributed by atoms with E-state index in [1.807, 2.05) is 12.3 Å². The Bertz CT molecular complexity index is 492. The quantitative estimate of drug-likeness (QED) is 0.751. The summed E-state index contributed by atoms with van der Waals surface area (Å²) in [6, 6.07) is 4.10. The van der Waals surface area contributed by atoms with Crippen molar-refractivity contribution in [3.8, 4) is 10.6 Å². The van der Waals surface area contributed by atoms with Crippen LogP contribution in [0.1, 0.15) is 33.6 Å². The molecule has 0 aliphatic rings. The first-order valence-corrected chi connectivity index (χ1v) is 8.13. The average molecular weight is 292 g/mol. The van der Waals surface area contributed by atoms with Crippen molar-refractivity contribution in [1.29, 1.82) is 0 Å². The van der Waals surface area contributed by atoms with E-state index in [1.54, 1.807) is 11.3 Å². The molecule has 0 amide bonds. The van der Waals surface area contributed by atoms with Crippen LogP contribution < -0.4 is 0 Å². The van der Waals surface area contributed by atoms with Crippen LogP contribution in [0.15, 0.2) is 28.1 Å². The summed E-state index contributed by atoms with van der Waals surface area (Å²) in [6.07, 6.45) is 1.84. The minimum absolute atomic E-state index is 0.653. The van der Waals surface area contributed by atoms with Crippen LogP contribution in [0.3, 0.4) is 0 Å². The van der Waals surface area contributed by atoms with E-state index in [4.69, 9.17) is 4.42 Å². The molecular formula is C16H24N2OS. The van der Waals surface area contributed by atoms with Crippen molar-refractivity contribution in [1.82, 2.24) is 9.88 Å². The van der Waals surface area contributed by atoms with Crippen molar-refractivity contribution >= 4 is 11.3 Å². The molecule has 20 heavy (non-hydrogen) atoms.